The number of carbonyl (C=O) groups is 2. The molecule has 0 aromatic rings. The predicted molar refractivity (Wildman–Crippen MR) is 82.3 cm³/mol. The molecule has 0 aromatic heterocycles. The molecule has 6 heteroatoms. The lowest BCUT2D eigenvalue weighted by atomic mass is 10.1. The average molecular weight is 299 g/mol. The van der Waals surface area contributed by atoms with Gasteiger partial charge in [-0.05, 0) is 38.3 Å². The fourth-order valence-electron chi connectivity index (χ4n) is 2.62. The number of amides is 2. The van der Waals surface area contributed by atoms with Crippen molar-refractivity contribution in [1.82, 2.24) is 15.5 Å². The van der Waals surface area contributed by atoms with Gasteiger partial charge < -0.3 is 20.6 Å². The van der Waals surface area contributed by atoms with Gasteiger partial charge in [0.1, 0.15) is 0 Å². The molecule has 122 valence electrons. The Kier molecular flexibility index (Phi) is 8.82. The van der Waals surface area contributed by atoms with Crippen molar-refractivity contribution in [3.63, 3.8) is 0 Å². The maximum Gasteiger partial charge on any atom is 0.314 e. The number of carboxylic acid groups (broad SMARTS) is 1. The Balaban J connectivity index is 1.91. The van der Waals surface area contributed by atoms with Crippen molar-refractivity contribution in [3.05, 3.63) is 0 Å². The molecule has 0 aliphatic carbocycles. The third kappa shape index (κ3) is 8.55. The smallest absolute Gasteiger partial charge is 0.314 e. The molecule has 1 atom stereocenters. The Bertz CT molecular complexity index is 323. The van der Waals surface area contributed by atoms with Crippen molar-refractivity contribution < 1.29 is 14.7 Å². The first kappa shape index (κ1) is 17.8. The fourth-order valence-corrected chi connectivity index (χ4v) is 2.62. The molecule has 6 nitrogen and oxygen atoms in total. The van der Waals surface area contributed by atoms with Crippen molar-refractivity contribution in [2.24, 2.45) is 5.92 Å². The lowest BCUT2D eigenvalue weighted by Gasteiger charge is -2.14. The second-order valence-electron chi connectivity index (χ2n) is 5.74. The molecule has 1 fully saturated rings. The van der Waals surface area contributed by atoms with E-state index in [0.717, 1.165) is 58.3 Å². The molecule has 1 rings (SSSR count). The van der Waals surface area contributed by atoms with Crippen LogP contribution in [0.1, 0.15) is 45.4 Å². The fraction of sp³-hybridized carbons (Fsp3) is 0.867. The SMILES string of the molecule is CCN1CCC(CNC(=O)NCCCCCCC(=O)O)C1. The first-order valence-corrected chi connectivity index (χ1v) is 8.07. The summed E-state index contributed by atoms with van der Waals surface area (Å²) < 4.78 is 0. The van der Waals surface area contributed by atoms with Crippen LogP contribution in [0.4, 0.5) is 4.79 Å². The van der Waals surface area contributed by atoms with Gasteiger partial charge in [0.25, 0.3) is 0 Å². The number of likely N-dealkylation sites (tertiary alicyclic amines) is 1. The minimum absolute atomic E-state index is 0.0875. The van der Waals surface area contributed by atoms with Crippen molar-refractivity contribution in [2.75, 3.05) is 32.7 Å². The van der Waals surface area contributed by atoms with E-state index in [1.165, 1.54) is 0 Å². The van der Waals surface area contributed by atoms with Gasteiger partial charge in [0.15, 0.2) is 0 Å². The zero-order chi connectivity index (χ0) is 15.5. The van der Waals surface area contributed by atoms with Gasteiger partial charge in [-0.2, -0.15) is 0 Å². The third-order valence-corrected chi connectivity index (χ3v) is 3.97. The average Bonchev–Trinajstić information content (AvgIpc) is 2.92. The van der Waals surface area contributed by atoms with E-state index in [1.807, 2.05) is 0 Å². The minimum Gasteiger partial charge on any atom is -0.481 e. The Labute approximate surface area is 127 Å². The van der Waals surface area contributed by atoms with Crippen LogP contribution in [0.3, 0.4) is 0 Å². The molecular formula is C15H29N3O3. The highest BCUT2D eigenvalue weighted by molar-refractivity contribution is 5.73. The van der Waals surface area contributed by atoms with Crippen molar-refractivity contribution in [1.29, 1.82) is 0 Å². The summed E-state index contributed by atoms with van der Waals surface area (Å²) in [4.78, 5) is 24.3. The Morgan fingerprint density at radius 3 is 2.62 bits per heavy atom. The summed E-state index contributed by atoms with van der Waals surface area (Å²) in [5.41, 5.74) is 0. The number of aliphatic carboxylic acids is 1. The second-order valence-corrected chi connectivity index (χ2v) is 5.74. The topological polar surface area (TPSA) is 81.7 Å². The quantitative estimate of drug-likeness (QED) is 0.536. The third-order valence-electron chi connectivity index (χ3n) is 3.97. The molecule has 3 N–H and O–H groups in total. The van der Waals surface area contributed by atoms with Gasteiger partial charge in [-0.1, -0.05) is 19.8 Å². The molecular weight excluding hydrogens is 270 g/mol. The Morgan fingerprint density at radius 1 is 1.19 bits per heavy atom. The maximum absolute atomic E-state index is 11.6. The highest BCUT2D eigenvalue weighted by atomic mass is 16.4. The van der Waals surface area contributed by atoms with Gasteiger partial charge in [-0.25, -0.2) is 4.79 Å². The molecule has 1 heterocycles. The number of hydrogen-bond acceptors (Lipinski definition) is 3. The van der Waals surface area contributed by atoms with E-state index in [0.29, 0.717) is 12.5 Å². The number of rotatable bonds is 10. The second kappa shape index (κ2) is 10.4. The van der Waals surface area contributed by atoms with Crippen LogP contribution in [0.2, 0.25) is 0 Å². The van der Waals surface area contributed by atoms with Crippen molar-refractivity contribution in [2.45, 2.75) is 45.4 Å². The number of nitrogens with one attached hydrogen (secondary N) is 2. The van der Waals surface area contributed by atoms with Crippen LogP contribution in [0.5, 0.6) is 0 Å². The number of urea groups is 1. The molecule has 0 saturated carbocycles. The molecule has 2 amide bonds. The van der Waals surface area contributed by atoms with E-state index in [1.54, 1.807) is 0 Å². The van der Waals surface area contributed by atoms with Crippen LogP contribution in [0.25, 0.3) is 0 Å². The first-order valence-electron chi connectivity index (χ1n) is 8.07. The summed E-state index contributed by atoms with van der Waals surface area (Å²) in [5, 5.41) is 14.3. The molecule has 21 heavy (non-hydrogen) atoms. The summed E-state index contributed by atoms with van der Waals surface area (Å²) >= 11 is 0. The zero-order valence-corrected chi connectivity index (χ0v) is 13.1. The molecule has 0 spiro atoms. The van der Waals surface area contributed by atoms with E-state index in [4.69, 9.17) is 5.11 Å². The van der Waals surface area contributed by atoms with Crippen LogP contribution in [-0.4, -0.2) is 54.7 Å². The maximum atomic E-state index is 11.6. The van der Waals surface area contributed by atoms with Crippen molar-refractivity contribution >= 4 is 12.0 Å². The van der Waals surface area contributed by atoms with Crippen LogP contribution in [-0.2, 0) is 4.79 Å². The Hall–Kier alpha value is -1.30. The summed E-state index contributed by atoms with van der Waals surface area (Å²) in [6, 6.07) is -0.0875. The lowest BCUT2D eigenvalue weighted by molar-refractivity contribution is -0.137. The largest absolute Gasteiger partial charge is 0.481 e. The van der Waals surface area contributed by atoms with E-state index in [-0.39, 0.29) is 12.5 Å². The summed E-state index contributed by atoms with van der Waals surface area (Å²) in [6.07, 6.45) is 4.89. The van der Waals surface area contributed by atoms with Gasteiger partial charge in [0.2, 0.25) is 0 Å². The normalized spacial score (nSPS) is 18.6. The summed E-state index contributed by atoms with van der Waals surface area (Å²) in [6.45, 7) is 6.89. The van der Waals surface area contributed by atoms with E-state index < -0.39 is 5.97 Å². The highest BCUT2D eigenvalue weighted by Gasteiger charge is 2.21. The number of nitrogens with zero attached hydrogens (tertiary/aromatic N) is 1. The van der Waals surface area contributed by atoms with Crippen LogP contribution < -0.4 is 10.6 Å². The lowest BCUT2D eigenvalue weighted by Crippen LogP contribution is -2.39. The molecule has 1 aliphatic heterocycles. The standard InChI is InChI=1S/C15H29N3O3/c1-2-18-10-8-13(12-18)11-17-15(21)16-9-6-4-3-5-7-14(19)20/h13H,2-12H2,1H3,(H,19,20)(H2,16,17,21). The van der Waals surface area contributed by atoms with Crippen LogP contribution >= 0.6 is 0 Å². The van der Waals surface area contributed by atoms with E-state index in [2.05, 4.69) is 22.5 Å². The number of carbonyl (C=O) groups excluding carboxylic acids is 1. The summed E-state index contributed by atoms with van der Waals surface area (Å²) in [5.74, 6) is -0.159. The van der Waals surface area contributed by atoms with Crippen LogP contribution in [0.15, 0.2) is 0 Å². The Morgan fingerprint density at radius 2 is 1.95 bits per heavy atom. The van der Waals surface area contributed by atoms with Crippen molar-refractivity contribution in [3.8, 4) is 0 Å². The molecule has 0 radical (unpaired) electrons. The van der Waals surface area contributed by atoms with Gasteiger partial charge in [0, 0.05) is 26.1 Å². The highest BCUT2D eigenvalue weighted by Crippen LogP contribution is 2.14. The molecule has 0 bridgehead atoms. The summed E-state index contributed by atoms with van der Waals surface area (Å²) in [7, 11) is 0. The first-order chi connectivity index (χ1) is 10.1. The zero-order valence-electron chi connectivity index (χ0n) is 13.1. The van der Waals surface area contributed by atoms with E-state index >= 15 is 0 Å². The van der Waals surface area contributed by atoms with Gasteiger partial charge in [-0.3, -0.25) is 4.79 Å². The monoisotopic (exact) mass is 299 g/mol. The number of carboxylic acids is 1. The van der Waals surface area contributed by atoms with Gasteiger partial charge in [0.05, 0.1) is 0 Å². The molecule has 0 aromatic carbocycles. The molecule has 1 unspecified atom stereocenters. The number of unbranched alkanes of at least 4 members (excludes halogenated alkanes) is 3. The van der Waals surface area contributed by atoms with Crippen LogP contribution in [0, 0.1) is 5.92 Å². The predicted octanol–water partition coefficient (Wildman–Crippen LogP) is 1.66. The molecule has 1 aliphatic rings. The van der Waals surface area contributed by atoms with E-state index in [9.17, 15) is 9.59 Å². The minimum atomic E-state index is -0.735. The number of hydrogen-bond donors (Lipinski definition) is 3. The van der Waals surface area contributed by atoms with Gasteiger partial charge >= 0.3 is 12.0 Å². The van der Waals surface area contributed by atoms with Gasteiger partial charge in [-0.15, -0.1) is 0 Å². The molecule has 1 saturated heterocycles.